The lowest BCUT2D eigenvalue weighted by Crippen LogP contribution is -2.44. The number of isocyanates is 1. The molecule has 0 aliphatic rings. The van der Waals surface area contributed by atoms with E-state index in [1.165, 1.54) is 0 Å². The zero-order valence-electron chi connectivity index (χ0n) is 12.6. The summed E-state index contributed by atoms with van der Waals surface area (Å²) in [5.74, 6) is 0. The van der Waals surface area contributed by atoms with Gasteiger partial charge < -0.3 is 18.2 Å². The largest absolute Gasteiger partial charge is 0.500 e. The second-order valence-corrected chi connectivity index (χ2v) is 7.66. The lowest BCUT2D eigenvalue weighted by Gasteiger charge is -2.29. The van der Waals surface area contributed by atoms with Crippen LogP contribution in [0.25, 0.3) is 0 Å². The third kappa shape index (κ3) is 6.96. The second-order valence-electron chi connectivity index (χ2n) is 4.57. The van der Waals surface area contributed by atoms with Crippen LogP contribution >= 0.6 is 0 Å². The van der Waals surface area contributed by atoms with Crippen LogP contribution in [0.15, 0.2) is 4.99 Å². The highest BCUT2D eigenvalue weighted by Gasteiger charge is 2.38. The Bertz CT molecular complexity index is 271. The van der Waals surface area contributed by atoms with Crippen LogP contribution in [0, 0.1) is 0 Å². The minimum atomic E-state index is -2.49. The van der Waals surface area contributed by atoms with E-state index < -0.39 is 8.80 Å². The van der Waals surface area contributed by atoms with Crippen molar-refractivity contribution in [3.8, 4) is 0 Å². The lowest BCUT2D eigenvalue weighted by atomic mass is 10.1. The molecule has 0 radical (unpaired) electrons. The molecule has 0 amide bonds. The van der Waals surface area contributed by atoms with Gasteiger partial charge in [-0.15, -0.1) is 0 Å². The average molecular weight is 290 g/mol. The molecule has 0 fully saturated rings. The predicted octanol–water partition coefficient (Wildman–Crippen LogP) is 1.30. The molecule has 19 heavy (non-hydrogen) atoms. The van der Waals surface area contributed by atoms with Crippen LogP contribution in [0.2, 0.25) is 6.04 Å². The highest BCUT2D eigenvalue weighted by molar-refractivity contribution is 6.60. The summed E-state index contributed by atoms with van der Waals surface area (Å²) in [5.41, 5.74) is 0. The van der Waals surface area contributed by atoms with Crippen LogP contribution in [0.4, 0.5) is 0 Å². The van der Waals surface area contributed by atoms with Crippen molar-refractivity contribution in [3.05, 3.63) is 0 Å². The zero-order chi connectivity index (χ0) is 14.7. The molecule has 0 saturated carbocycles. The summed E-state index contributed by atoms with van der Waals surface area (Å²) in [4.78, 5) is 15.8. The van der Waals surface area contributed by atoms with Gasteiger partial charge >= 0.3 is 8.80 Å². The van der Waals surface area contributed by atoms with Crippen LogP contribution in [0.5, 0.6) is 0 Å². The minimum absolute atomic E-state index is 0.397. The number of carbonyl (C=O) groups excluding carboxylic acids is 1. The van der Waals surface area contributed by atoms with Gasteiger partial charge in [0.1, 0.15) is 0 Å². The number of aliphatic imine (C=N–C) groups is 1. The summed E-state index contributed by atoms with van der Waals surface area (Å²) >= 11 is 0. The second kappa shape index (κ2) is 10.3. The summed E-state index contributed by atoms with van der Waals surface area (Å²) in [6, 6.07) is 1.17. The number of hydrogen-bond acceptors (Lipinski definition) is 6. The zero-order valence-corrected chi connectivity index (χ0v) is 13.6. The molecule has 0 N–H and O–H groups in total. The predicted molar refractivity (Wildman–Crippen MR) is 75.9 cm³/mol. The standard InChI is InChI=1S/C12H26N2O4Si/c1-14(2)12(7-6-9-13-11-15)8-10-19(16-3,17-4)18-5/h12H,6-10H2,1-5H3. The van der Waals surface area contributed by atoms with Gasteiger partial charge in [0.05, 0.1) is 6.54 Å². The maximum Gasteiger partial charge on any atom is 0.500 e. The Morgan fingerprint density at radius 1 is 1.16 bits per heavy atom. The molecule has 0 aromatic carbocycles. The summed E-state index contributed by atoms with van der Waals surface area (Å²) in [5, 5.41) is 0. The molecule has 7 heteroatoms. The first kappa shape index (κ1) is 18.4. The van der Waals surface area contributed by atoms with Crippen molar-refractivity contribution < 1.29 is 18.1 Å². The van der Waals surface area contributed by atoms with E-state index in [4.69, 9.17) is 13.3 Å². The summed E-state index contributed by atoms with van der Waals surface area (Å²) in [6.07, 6.45) is 4.34. The number of nitrogens with zero attached hydrogens (tertiary/aromatic N) is 2. The van der Waals surface area contributed by atoms with Crippen LogP contribution in [-0.4, -0.2) is 67.8 Å². The van der Waals surface area contributed by atoms with Crippen LogP contribution in [-0.2, 0) is 18.1 Å². The van der Waals surface area contributed by atoms with Crippen molar-refractivity contribution in [1.29, 1.82) is 0 Å². The quantitative estimate of drug-likeness (QED) is 0.248. The molecule has 112 valence electrons. The van der Waals surface area contributed by atoms with Crippen LogP contribution in [0.3, 0.4) is 0 Å². The Morgan fingerprint density at radius 3 is 2.16 bits per heavy atom. The molecular weight excluding hydrogens is 264 g/mol. The van der Waals surface area contributed by atoms with E-state index in [9.17, 15) is 4.79 Å². The molecule has 0 aliphatic carbocycles. The van der Waals surface area contributed by atoms with Gasteiger partial charge in [-0.25, -0.2) is 9.79 Å². The fraction of sp³-hybridized carbons (Fsp3) is 0.917. The Morgan fingerprint density at radius 2 is 1.74 bits per heavy atom. The molecular formula is C12H26N2O4Si. The normalized spacial score (nSPS) is 13.4. The highest BCUT2D eigenvalue weighted by Crippen LogP contribution is 2.20. The van der Waals surface area contributed by atoms with Crippen molar-refractivity contribution >= 4 is 14.9 Å². The fourth-order valence-electron chi connectivity index (χ4n) is 2.01. The molecule has 0 bridgehead atoms. The van der Waals surface area contributed by atoms with Gasteiger partial charge in [-0.3, -0.25) is 0 Å². The monoisotopic (exact) mass is 290 g/mol. The Hall–Kier alpha value is -0.563. The number of hydrogen-bond donors (Lipinski definition) is 0. The molecule has 0 aromatic rings. The van der Waals surface area contributed by atoms with E-state index in [0.717, 1.165) is 25.3 Å². The molecule has 1 atom stereocenters. The van der Waals surface area contributed by atoms with Crippen LogP contribution in [0.1, 0.15) is 19.3 Å². The van der Waals surface area contributed by atoms with Crippen molar-refractivity contribution in [1.82, 2.24) is 4.90 Å². The molecule has 0 aliphatic heterocycles. The maximum atomic E-state index is 10.0. The van der Waals surface area contributed by atoms with Gasteiger partial charge in [-0.2, -0.15) is 0 Å². The van der Waals surface area contributed by atoms with Crippen molar-refractivity contribution in [2.24, 2.45) is 4.99 Å². The first-order valence-corrected chi connectivity index (χ1v) is 8.34. The molecule has 0 spiro atoms. The minimum Gasteiger partial charge on any atom is -0.377 e. The van der Waals surface area contributed by atoms with E-state index >= 15 is 0 Å². The van der Waals surface area contributed by atoms with Gasteiger partial charge in [0.15, 0.2) is 0 Å². The van der Waals surface area contributed by atoms with E-state index in [-0.39, 0.29) is 0 Å². The topological polar surface area (TPSA) is 60.4 Å². The smallest absolute Gasteiger partial charge is 0.377 e. The van der Waals surface area contributed by atoms with Crippen LogP contribution < -0.4 is 0 Å². The van der Waals surface area contributed by atoms with Gasteiger partial charge in [0.2, 0.25) is 6.08 Å². The molecule has 6 nitrogen and oxygen atoms in total. The average Bonchev–Trinajstić information content (AvgIpc) is 2.42. The molecule has 0 saturated heterocycles. The molecule has 0 aromatic heterocycles. The number of rotatable bonds is 11. The molecule has 0 heterocycles. The third-order valence-corrected chi connectivity index (χ3v) is 6.09. The first-order chi connectivity index (χ1) is 9.05. The fourth-order valence-corrected chi connectivity index (χ4v) is 3.81. The summed E-state index contributed by atoms with van der Waals surface area (Å²) in [7, 11) is 6.48. The van der Waals surface area contributed by atoms with Gasteiger partial charge in [-0.05, 0) is 33.4 Å². The van der Waals surface area contributed by atoms with E-state index in [2.05, 4.69) is 9.89 Å². The lowest BCUT2D eigenvalue weighted by molar-refractivity contribution is 0.119. The highest BCUT2D eigenvalue weighted by atomic mass is 28.4. The Labute approximate surface area is 117 Å². The molecule has 0 rings (SSSR count). The van der Waals surface area contributed by atoms with Crippen molar-refractivity contribution in [3.63, 3.8) is 0 Å². The van der Waals surface area contributed by atoms with Crippen molar-refractivity contribution in [2.75, 3.05) is 42.0 Å². The van der Waals surface area contributed by atoms with Gasteiger partial charge in [0.25, 0.3) is 0 Å². The van der Waals surface area contributed by atoms with E-state index in [0.29, 0.717) is 12.6 Å². The maximum absolute atomic E-state index is 10.0. The third-order valence-electron chi connectivity index (χ3n) is 3.32. The first-order valence-electron chi connectivity index (χ1n) is 6.40. The van der Waals surface area contributed by atoms with E-state index in [1.807, 2.05) is 14.1 Å². The van der Waals surface area contributed by atoms with E-state index in [1.54, 1.807) is 27.4 Å². The molecule has 1 unspecified atom stereocenters. The van der Waals surface area contributed by atoms with Gasteiger partial charge in [-0.1, -0.05) is 0 Å². The summed E-state index contributed by atoms with van der Waals surface area (Å²) in [6.45, 7) is 0.537. The Balaban J connectivity index is 4.30. The SMILES string of the molecule is CO[Si](CCC(CCCN=C=O)N(C)C)(OC)OC. The Kier molecular flexibility index (Phi) is 9.95. The van der Waals surface area contributed by atoms with Gasteiger partial charge in [0, 0.05) is 33.4 Å². The van der Waals surface area contributed by atoms with Crippen molar-refractivity contribution in [2.45, 2.75) is 31.3 Å². The summed E-state index contributed by atoms with van der Waals surface area (Å²) < 4.78 is 16.2.